The zero-order valence-corrected chi connectivity index (χ0v) is 12.9. The molecule has 1 saturated carbocycles. The van der Waals surface area contributed by atoms with Gasteiger partial charge in [-0.05, 0) is 44.9 Å². The Morgan fingerprint density at radius 2 is 1.84 bits per heavy atom. The molecule has 2 N–H and O–H groups in total. The van der Waals surface area contributed by atoms with E-state index in [0.29, 0.717) is 5.92 Å². The zero-order chi connectivity index (χ0) is 14.3. The highest BCUT2D eigenvalue weighted by molar-refractivity contribution is 4.76. The van der Waals surface area contributed by atoms with Crippen LogP contribution in [0.3, 0.4) is 0 Å². The SMILES string of the molecule is C[C@@H](CC1CCCCC1)[C@@H](O)CCC(C)(C)OCO. The lowest BCUT2D eigenvalue weighted by atomic mass is 9.81. The Labute approximate surface area is 118 Å². The van der Waals surface area contributed by atoms with E-state index in [0.717, 1.165) is 25.2 Å². The summed E-state index contributed by atoms with van der Waals surface area (Å²) in [6.07, 6.45) is 9.25. The molecule has 3 nitrogen and oxygen atoms in total. The van der Waals surface area contributed by atoms with E-state index in [4.69, 9.17) is 9.84 Å². The van der Waals surface area contributed by atoms with Crippen molar-refractivity contribution in [1.29, 1.82) is 0 Å². The predicted octanol–water partition coefficient (Wildman–Crippen LogP) is 3.48. The van der Waals surface area contributed by atoms with Crippen LogP contribution in [0.2, 0.25) is 0 Å². The zero-order valence-electron chi connectivity index (χ0n) is 12.9. The summed E-state index contributed by atoms with van der Waals surface area (Å²) in [7, 11) is 0. The first kappa shape index (κ1) is 16.9. The van der Waals surface area contributed by atoms with Gasteiger partial charge in [0.2, 0.25) is 0 Å². The van der Waals surface area contributed by atoms with Crippen LogP contribution in [0, 0.1) is 11.8 Å². The molecule has 0 unspecified atom stereocenters. The summed E-state index contributed by atoms with van der Waals surface area (Å²) in [5, 5.41) is 19.1. The number of hydrogen-bond donors (Lipinski definition) is 2. The van der Waals surface area contributed by atoms with E-state index in [-0.39, 0.29) is 18.5 Å². The second-order valence-electron chi connectivity index (χ2n) is 6.86. The molecule has 0 radical (unpaired) electrons. The third-order valence-corrected chi connectivity index (χ3v) is 4.58. The van der Waals surface area contributed by atoms with Crippen LogP contribution in [0.1, 0.15) is 72.1 Å². The quantitative estimate of drug-likeness (QED) is 0.665. The van der Waals surface area contributed by atoms with Crippen molar-refractivity contribution in [2.45, 2.75) is 83.8 Å². The van der Waals surface area contributed by atoms with E-state index in [2.05, 4.69) is 6.92 Å². The molecule has 19 heavy (non-hydrogen) atoms. The number of hydrogen-bond acceptors (Lipinski definition) is 3. The topological polar surface area (TPSA) is 49.7 Å². The molecule has 0 heterocycles. The molecule has 1 rings (SSSR count). The Hall–Kier alpha value is -0.120. The molecular formula is C16H32O3. The summed E-state index contributed by atoms with van der Waals surface area (Å²) >= 11 is 0. The summed E-state index contributed by atoms with van der Waals surface area (Å²) in [6.45, 7) is 5.84. The van der Waals surface area contributed by atoms with Gasteiger partial charge in [0.1, 0.15) is 6.79 Å². The first-order valence-corrected chi connectivity index (χ1v) is 7.87. The Morgan fingerprint density at radius 3 is 2.42 bits per heavy atom. The van der Waals surface area contributed by atoms with Crippen LogP contribution in [-0.2, 0) is 4.74 Å². The van der Waals surface area contributed by atoms with Gasteiger partial charge < -0.3 is 14.9 Å². The van der Waals surface area contributed by atoms with Crippen molar-refractivity contribution in [3.8, 4) is 0 Å². The molecule has 2 atom stereocenters. The molecule has 0 aliphatic heterocycles. The van der Waals surface area contributed by atoms with Crippen molar-refractivity contribution >= 4 is 0 Å². The fourth-order valence-corrected chi connectivity index (χ4v) is 3.13. The highest BCUT2D eigenvalue weighted by Gasteiger charge is 2.24. The van der Waals surface area contributed by atoms with Gasteiger partial charge in [0.15, 0.2) is 0 Å². The largest absolute Gasteiger partial charge is 0.393 e. The Kier molecular flexibility index (Phi) is 7.33. The van der Waals surface area contributed by atoms with Crippen LogP contribution < -0.4 is 0 Å². The molecule has 0 bridgehead atoms. The average Bonchev–Trinajstić information content (AvgIpc) is 2.37. The molecule has 0 saturated heterocycles. The number of ether oxygens (including phenoxy) is 1. The maximum Gasteiger partial charge on any atom is 0.144 e. The molecule has 0 aromatic heterocycles. The number of aliphatic hydroxyl groups is 2. The van der Waals surface area contributed by atoms with Crippen molar-refractivity contribution in [2.24, 2.45) is 11.8 Å². The standard InChI is InChI=1S/C16H32O3/c1-13(11-14-7-5-4-6-8-14)15(18)9-10-16(2,3)19-12-17/h13-15,17-18H,4-12H2,1-3H3/t13-,15-/m0/s1. The lowest BCUT2D eigenvalue weighted by molar-refractivity contribution is -0.106. The molecule has 0 amide bonds. The van der Waals surface area contributed by atoms with Crippen molar-refractivity contribution in [3.05, 3.63) is 0 Å². The van der Waals surface area contributed by atoms with Gasteiger partial charge in [-0.1, -0.05) is 39.0 Å². The Balaban J connectivity index is 2.25. The molecule has 3 heteroatoms. The molecule has 0 spiro atoms. The summed E-state index contributed by atoms with van der Waals surface area (Å²) < 4.78 is 5.25. The van der Waals surface area contributed by atoms with E-state index in [1.807, 2.05) is 13.8 Å². The third-order valence-electron chi connectivity index (χ3n) is 4.58. The lowest BCUT2D eigenvalue weighted by Crippen LogP contribution is -2.29. The van der Waals surface area contributed by atoms with Crippen LogP contribution in [-0.4, -0.2) is 28.7 Å². The summed E-state index contributed by atoms with van der Waals surface area (Å²) in [6, 6.07) is 0. The highest BCUT2D eigenvalue weighted by atomic mass is 16.6. The van der Waals surface area contributed by atoms with Gasteiger partial charge in [-0.2, -0.15) is 0 Å². The molecule has 1 aliphatic carbocycles. The smallest absolute Gasteiger partial charge is 0.144 e. The Bertz CT molecular complexity index is 234. The van der Waals surface area contributed by atoms with Crippen molar-refractivity contribution in [3.63, 3.8) is 0 Å². The van der Waals surface area contributed by atoms with Gasteiger partial charge in [-0.15, -0.1) is 0 Å². The van der Waals surface area contributed by atoms with Gasteiger partial charge in [0, 0.05) is 0 Å². The summed E-state index contributed by atoms with van der Waals surface area (Å²) in [5.74, 6) is 1.19. The van der Waals surface area contributed by atoms with Crippen molar-refractivity contribution in [1.82, 2.24) is 0 Å². The molecule has 114 valence electrons. The number of aliphatic hydroxyl groups excluding tert-OH is 2. The van der Waals surface area contributed by atoms with E-state index in [1.54, 1.807) is 0 Å². The van der Waals surface area contributed by atoms with Gasteiger partial charge in [-0.3, -0.25) is 0 Å². The third kappa shape index (κ3) is 6.73. The highest BCUT2D eigenvalue weighted by Crippen LogP contribution is 2.31. The molecule has 1 aliphatic rings. The molecular weight excluding hydrogens is 240 g/mol. The van der Waals surface area contributed by atoms with Gasteiger partial charge in [0.05, 0.1) is 11.7 Å². The lowest BCUT2D eigenvalue weighted by Gasteiger charge is -2.29. The first-order valence-electron chi connectivity index (χ1n) is 7.87. The van der Waals surface area contributed by atoms with Crippen LogP contribution in [0.4, 0.5) is 0 Å². The van der Waals surface area contributed by atoms with E-state index < -0.39 is 0 Å². The second kappa shape index (κ2) is 8.23. The monoisotopic (exact) mass is 272 g/mol. The van der Waals surface area contributed by atoms with Crippen molar-refractivity contribution < 1.29 is 14.9 Å². The maximum absolute atomic E-state index is 10.3. The average molecular weight is 272 g/mol. The van der Waals surface area contributed by atoms with Gasteiger partial charge in [0.25, 0.3) is 0 Å². The first-order chi connectivity index (χ1) is 8.94. The van der Waals surface area contributed by atoms with Gasteiger partial charge >= 0.3 is 0 Å². The Morgan fingerprint density at radius 1 is 1.21 bits per heavy atom. The van der Waals surface area contributed by atoms with E-state index >= 15 is 0 Å². The summed E-state index contributed by atoms with van der Waals surface area (Å²) in [5.41, 5.74) is -0.347. The molecule has 0 aromatic carbocycles. The van der Waals surface area contributed by atoms with Crippen LogP contribution in [0.25, 0.3) is 0 Å². The maximum atomic E-state index is 10.3. The minimum Gasteiger partial charge on any atom is -0.393 e. The van der Waals surface area contributed by atoms with Crippen molar-refractivity contribution in [2.75, 3.05) is 6.79 Å². The van der Waals surface area contributed by atoms with E-state index in [9.17, 15) is 5.11 Å². The normalized spacial score (nSPS) is 21.3. The van der Waals surface area contributed by atoms with Crippen LogP contribution >= 0.6 is 0 Å². The van der Waals surface area contributed by atoms with Crippen LogP contribution in [0.15, 0.2) is 0 Å². The second-order valence-corrected chi connectivity index (χ2v) is 6.86. The molecule has 0 aromatic rings. The van der Waals surface area contributed by atoms with E-state index in [1.165, 1.54) is 32.1 Å². The van der Waals surface area contributed by atoms with Crippen LogP contribution in [0.5, 0.6) is 0 Å². The minimum absolute atomic E-state index is 0.247. The summed E-state index contributed by atoms with van der Waals surface area (Å²) in [4.78, 5) is 0. The fraction of sp³-hybridized carbons (Fsp3) is 1.00. The predicted molar refractivity (Wildman–Crippen MR) is 77.8 cm³/mol. The minimum atomic E-state index is -0.347. The fourth-order valence-electron chi connectivity index (χ4n) is 3.13. The molecule has 1 fully saturated rings. The number of rotatable bonds is 8. The van der Waals surface area contributed by atoms with Gasteiger partial charge in [-0.25, -0.2) is 0 Å².